The highest BCUT2D eigenvalue weighted by atomic mass is 15.1. The van der Waals surface area contributed by atoms with Crippen molar-refractivity contribution in [3.8, 4) is 33.4 Å². The second-order valence-corrected chi connectivity index (χ2v) is 14.7. The maximum Gasteiger partial charge on any atom is 0.0645 e. The lowest BCUT2D eigenvalue weighted by Gasteiger charge is -2.28. The lowest BCUT2D eigenvalue weighted by atomic mass is 9.81. The van der Waals surface area contributed by atoms with E-state index in [2.05, 4.69) is 210 Å². The maximum atomic E-state index is 4.63. The third-order valence-corrected chi connectivity index (χ3v) is 11.5. The summed E-state index contributed by atoms with van der Waals surface area (Å²) in [6.45, 7) is 0. The number of fused-ring (bicyclic) bond motifs is 9. The van der Waals surface area contributed by atoms with Crippen molar-refractivity contribution in [3.63, 3.8) is 0 Å². The predicted molar refractivity (Wildman–Crippen MR) is 243 cm³/mol. The lowest BCUT2D eigenvalue weighted by molar-refractivity contribution is 1.24. The summed E-state index contributed by atoms with van der Waals surface area (Å²) in [5.74, 6) is 0. The summed E-state index contributed by atoms with van der Waals surface area (Å²) in [6.07, 6.45) is 3.82. The van der Waals surface area contributed by atoms with Crippen LogP contribution in [0.4, 0.5) is 17.1 Å². The summed E-state index contributed by atoms with van der Waals surface area (Å²) < 4.78 is 0. The van der Waals surface area contributed by atoms with Crippen molar-refractivity contribution in [1.82, 2.24) is 4.98 Å². The second kappa shape index (κ2) is 13.6. The molecule has 0 aliphatic rings. The lowest BCUT2D eigenvalue weighted by Crippen LogP contribution is -2.11. The van der Waals surface area contributed by atoms with Crippen molar-refractivity contribution < 1.29 is 0 Å². The quantitative estimate of drug-likeness (QED) is 0.159. The molecule has 0 fully saturated rings. The van der Waals surface area contributed by atoms with Crippen LogP contribution in [0.2, 0.25) is 0 Å². The predicted octanol–water partition coefficient (Wildman–Crippen LogP) is 15.3. The van der Waals surface area contributed by atoms with E-state index in [1.165, 1.54) is 87.2 Å². The number of hydrogen-bond donors (Lipinski definition) is 0. The van der Waals surface area contributed by atoms with Gasteiger partial charge in [0.2, 0.25) is 0 Å². The van der Waals surface area contributed by atoms with Gasteiger partial charge in [0, 0.05) is 17.3 Å². The second-order valence-electron chi connectivity index (χ2n) is 14.7. The van der Waals surface area contributed by atoms with Gasteiger partial charge in [0.1, 0.15) is 0 Å². The molecule has 266 valence electrons. The molecule has 0 spiro atoms. The molecule has 0 bridgehead atoms. The number of nitrogens with zero attached hydrogens (tertiary/aromatic N) is 2. The highest BCUT2D eigenvalue weighted by molar-refractivity contribution is 6.33. The van der Waals surface area contributed by atoms with Gasteiger partial charge in [-0.1, -0.05) is 170 Å². The van der Waals surface area contributed by atoms with Crippen LogP contribution >= 0.6 is 0 Å². The van der Waals surface area contributed by atoms with Crippen molar-refractivity contribution in [3.05, 3.63) is 219 Å². The highest BCUT2D eigenvalue weighted by Gasteiger charge is 2.23. The average molecular weight is 725 g/mol. The molecule has 2 heteroatoms. The van der Waals surface area contributed by atoms with Crippen LogP contribution in [0.15, 0.2) is 219 Å². The first-order chi connectivity index (χ1) is 28.3. The molecule has 1 aromatic heterocycles. The minimum absolute atomic E-state index is 1.01. The molecule has 57 heavy (non-hydrogen) atoms. The fraction of sp³-hybridized carbons (Fsp3) is 0. The first-order valence-corrected chi connectivity index (χ1v) is 19.5. The van der Waals surface area contributed by atoms with Crippen molar-refractivity contribution in [2.24, 2.45) is 0 Å². The Kier molecular flexibility index (Phi) is 7.86. The first-order valence-electron chi connectivity index (χ1n) is 19.5. The van der Waals surface area contributed by atoms with Crippen LogP contribution in [-0.4, -0.2) is 4.98 Å². The minimum Gasteiger partial charge on any atom is -0.308 e. The highest BCUT2D eigenvalue weighted by Crippen LogP contribution is 2.50. The van der Waals surface area contributed by atoms with Crippen LogP contribution in [0, 0.1) is 0 Å². The molecule has 0 aliphatic heterocycles. The molecule has 0 saturated carbocycles. The molecule has 0 N–H and O–H groups in total. The van der Waals surface area contributed by atoms with Crippen LogP contribution in [0.1, 0.15) is 0 Å². The molecule has 10 aromatic carbocycles. The zero-order valence-electron chi connectivity index (χ0n) is 31.2. The molecule has 11 aromatic rings. The van der Waals surface area contributed by atoms with Gasteiger partial charge in [-0.15, -0.1) is 0 Å². The summed E-state index contributed by atoms with van der Waals surface area (Å²) in [5.41, 5.74) is 10.5. The Labute approximate surface area is 331 Å². The number of hydrogen-bond acceptors (Lipinski definition) is 2. The Morgan fingerprint density at radius 1 is 0.333 bits per heavy atom. The number of aromatic nitrogens is 1. The molecule has 0 amide bonds. The molecule has 0 saturated heterocycles. The monoisotopic (exact) mass is 724 g/mol. The van der Waals surface area contributed by atoms with Crippen LogP contribution in [0.5, 0.6) is 0 Å². The summed E-state index contributed by atoms with van der Waals surface area (Å²) in [4.78, 5) is 7.01. The van der Waals surface area contributed by atoms with Crippen molar-refractivity contribution >= 4 is 70.9 Å². The summed E-state index contributed by atoms with van der Waals surface area (Å²) in [7, 11) is 0. The largest absolute Gasteiger partial charge is 0.308 e. The van der Waals surface area contributed by atoms with E-state index in [4.69, 9.17) is 0 Å². The van der Waals surface area contributed by atoms with E-state index in [0.717, 1.165) is 17.1 Å². The van der Waals surface area contributed by atoms with Gasteiger partial charge in [-0.3, -0.25) is 4.98 Å². The first kappa shape index (κ1) is 32.8. The third-order valence-electron chi connectivity index (χ3n) is 11.5. The Hall–Kier alpha value is -7.55. The summed E-state index contributed by atoms with van der Waals surface area (Å²) in [5, 5.41) is 12.3. The summed E-state index contributed by atoms with van der Waals surface area (Å²) >= 11 is 0. The van der Waals surface area contributed by atoms with Gasteiger partial charge in [0.25, 0.3) is 0 Å². The number of anilines is 3. The molecule has 0 aliphatic carbocycles. The van der Waals surface area contributed by atoms with E-state index in [9.17, 15) is 0 Å². The smallest absolute Gasteiger partial charge is 0.0645 e. The van der Waals surface area contributed by atoms with E-state index in [0.29, 0.717) is 0 Å². The Balaban J connectivity index is 1.29. The van der Waals surface area contributed by atoms with Gasteiger partial charge in [-0.25, -0.2) is 0 Å². The number of benzene rings is 10. The van der Waals surface area contributed by atoms with Gasteiger partial charge in [-0.2, -0.15) is 0 Å². The zero-order valence-corrected chi connectivity index (χ0v) is 31.2. The molecular formula is C55H36N2. The van der Waals surface area contributed by atoms with Crippen LogP contribution < -0.4 is 4.90 Å². The van der Waals surface area contributed by atoms with Crippen LogP contribution in [0.25, 0.3) is 87.2 Å². The van der Waals surface area contributed by atoms with Gasteiger partial charge < -0.3 is 4.90 Å². The van der Waals surface area contributed by atoms with E-state index >= 15 is 0 Å². The zero-order chi connectivity index (χ0) is 37.7. The average Bonchev–Trinajstić information content (AvgIpc) is 3.30. The molecule has 11 rings (SSSR count). The Morgan fingerprint density at radius 3 is 1.58 bits per heavy atom. The third kappa shape index (κ3) is 5.45. The standard InChI is InChI=1S/C55H36N2/c1-4-17-37(18-5-1)49-35-50(38-19-6-2-7-20-38)54-48-31-30-41(34-51(48)45-27-13-15-29-47(45)55(54)53(49)39-21-8-3-9-22-39)57(42-24-16-32-56-36-42)52-33-40-23-10-11-25-43(40)44-26-12-14-28-46(44)52/h1-36H. The van der Waals surface area contributed by atoms with E-state index in [1.54, 1.807) is 0 Å². The topological polar surface area (TPSA) is 16.1 Å². The van der Waals surface area contributed by atoms with Crippen molar-refractivity contribution in [2.45, 2.75) is 0 Å². The fourth-order valence-corrected chi connectivity index (χ4v) is 9.01. The normalized spacial score (nSPS) is 11.5. The van der Waals surface area contributed by atoms with E-state index < -0.39 is 0 Å². The van der Waals surface area contributed by atoms with Gasteiger partial charge in [0.15, 0.2) is 0 Å². The maximum absolute atomic E-state index is 4.63. The number of rotatable bonds is 6. The van der Waals surface area contributed by atoms with Crippen LogP contribution in [-0.2, 0) is 0 Å². The molecule has 0 radical (unpaired) electrons. The fourth-order valence-electron chi connectivity index (χ4n) is 9.01. The Morgan fingerprint density at radius 2 is 0.895 bits per heavy atom. The van der Waals surface area contributed by atoms with Gasteiger partial charge in [0.05, 0.1) is 17.6 Å². The number of pyridine rings is 1. The van der Waals surface area contributed by atoms with Crippen LogP contribution in [0.3, 0.4) is 0 Å². The van der Waals surface area contributed by atoms with E-state index in [-0.39, 0.29) is 0 Å². The molecule has 0 unspecified atom stereocenters. The Bertz CT molecular complexity index is 3270. The summed E-state index contributed by atoms with van der Waals surface area (Å²) in [6, 6.07) is 75.1. The molecule has 2 nitrogen and oxygen atoms in total. The molecule has 1 heterocycles. The van der Waals surface area contributed by atoms with E-state index in [1.807, 2.05) is 18.5 Å². The minimum atomic E-state index is 1.01. The SMILES string of the molecule is c1ccc(-c2cc(-c3ccccc3)c3c4ccc(N(c5cccnc5)c5cc6ccccc6c6ccccc56)cc4c4ccccc4c3c2-c2ccccc2)cc1. The molecule has 0 atom stereocenters. The van der Waals surface area contributed by atoms with Crippen molar-refractivity contribution in [1.29, 1.82) is 0 Å². The van der Waals surface area contributed by atoms with Crippen molar-refractivity contribution in [2.75, 3.05) is 4.90 Å². The van der Waals surface area contributed by atoms with Gasteiger partial charge in [-0.05, 0) is 118 Å². The van der Waals surface area contributed by atoms with Gasteiger partial charge >= 0.3 is 0 Å². The molecular weight excluding hydrogens is 689 g/mol.